The molecule has 2 heterocycles. The van der Waals surface area contributed by atoms with E-state index >= 15 is 0 Å². The molecule has 116 valence electrons. The quantitative estimate of drug-likeness (QED) is 0.685. The number of hydrogen-bond donors (Lipinski definition) is 2. The van der Waals surface area contributed by atoms with Gasteiger partial charge in [-0.15, -0.1) is 0 Å². The second kappa shape index (κ2) is 6.79. The van der Waals surface area contributed by atoms with Gasteiger partial charge in [-0.3, -0.25) is 9.36 Å². The van der Waals surface area contributed by atoms with Gasteiger partial charge >= 0.3 is 11.7 Å². The van der Waals surface area contributed by atoms with Gasteiger partial charge in [0.05, 0.1) is 0 Å². The van der Waals surface area contributed by atoms with Crippen LogP contribution in [0.4, 0.5) is 0 Å². The zero-order valence-electron chi connectivity index (χ0n) is 11.6. The lowest BCUT2D eigenvalue weighted by Gasteiger charge is -2.16. The van der Waals surface area contributed by atoms with Crippen LogP contribution in [0, 0.1) is 0 Å². The Morgan fingerprint density at radius 2 is 2.24 bits per heavy atom. The lowest BCUT2D eigenvalue weighted by Crippen LogP contribution is -2.36. The van der Waals surface area contributed by atoms with Crippen LogP contribution in [0.2, 0.25) is 0 Å². The predicted octanol–water partition coefficient (Wildman–Crippen LogP) is -0.794. The number of aliphatic hydroxyl groups is 2. The number of nitrogens with zero attached hydrogens (tertiary/aromatic N) is 2. The van der Waals surface area contributed by atoms with Gasteiger partial charge in [0, 0.05) is 18.8 Å². The summed E-state index contributed by atoms with van der Waals surface area (Å²) < 4.78 is 11.5. The fourth-order valence-electron chi connectivity index (χ4n) is 2.11. The first-order valence-electron chi connectivity index (χ1n) is 6.75. The van der Waals surface area contributed by atoms with Gasteiger partial charge in [0.25, 0.3) is 0 Å². The smallest absolute Gasteiger partial charge is 0.349 e. The topological polar surface area (TPSA) is 111 Å². The number of carbonyl (C=O) groups is 1. The summed E-state index contributed by atoms with van der Waals surface area (Å²) >= 11 is 0. The number of carbonyl (C=O) groups excluding carboxylic acids is 1. The van der Waals surface area contributed by atoms with Crippen molar-refractivity contribution >= 4 is 5.97 Å². The van der Waals surface area contributed by atoms with Crippen molar-refractivity contribution in [2.45, 2.75) is 44.3 Å². The summed E-state index contributed by atoms with van der Waals surface area (Å²) in [5.74, 6) is -0.398. The first kappa shape index (κ1) is 15.6. The van der Waals surface area contributed by atoms with Crippen molar-refractivity contribution in [3.8, 4) is 0 Å². The van der Waals surface area contributed by atoms with Gasteiger partial charge in [0.15, 0.2) is 6.23 Å². The standard InChI is InChI=1S/C13H18N2O6/c1-2-4-9(16)20-7-8-10(17)11(18)12(21-8)15-6-3-5-14-13(15)19/h3,5-6,8,10-12,17-18H,2,4,7H2,1H3/t8-,10+,11?,12-/m1/s1. The molecule has 2 rings (SSSR count). The van der Waals surface area contributed by atoms with Gasteiger partial charge in [0.2, 0.25) is 0 Å². The first-order valence-corrected chi connectivity index (χ1v) is 6.75. The van der Waals surface area contributed by atoms with Crippen molar-refractivity contribution in [2.24, 2.45) is 0 Å². The highest BCUT2D eigenvalue weighted by Gasteiger charge is 2.44. The van der Waals surface area contributed by atoms with E-state index in [0.717, 1.165) is 4.57 Å². The second-order valence-corrected chi connectivity index (χ2v) is 4.79. The Hall–Kier alpha value is -1.77. The zero-order chi connectivity index (χ0) is 15.4. The van der Waals surface area contributed by atoms with E-state index in [0.29, 0.717) is 6.42 Å². The second-order valence-electron chi connectivity index (χ2n) is 4.79. The Bertz CT molecular complexity index is 545. The molecule has 8 heteroatoms. The number of esters is 1. The van der Waals surface area contributed by atoms with Gasteiger partial charge < -0.3 is 19.7 Å². The molecule has 1 unspecified atom stereocenters. The molecule has 1 saturated heterocycles. The summed E-state index contributed by atoms with van der Waals surface area (Å²) in [4.78, 5) is 26.5. The van der Waals surface area contributed by atoms with Crippen molar-refractivity contribution in [1.82, 2.24) is 9.55 Å². The molecule has 1 aromatic heterocycles. The van der Waals surface area contributed by atoms with Crippen molar-refractivity contribution in [1.29, 1.82) is 0 Å². The molecule has 0 amide bonds. The van der Waals surface area contributed by atoms with Crippen molar-refractivity contribution in [3.05, 3.63) is 28.9 Å². The van der Waals surface area contributed by atoms with E-state index in [1.807, 2.05) is 6.92 Å². The molecule has 1 aromatic rings. The first-order chi connectivity index (χ1) is 10.0. The normalized spacial score (nSPS) is 28.5. The summed E-state index contributed by atoms with van der Waals surface area (Å²) in [6.45, 7) is 1.67. The molecule has 1 fully saturated rings. The van der Waals surface area contributed by atoms with E-state index in [1.165, 1.54) is 18.5 Å². The largest absolute Gasteiger partial charge is 0.463 e. The van der Waals surface area contributed by atoms with E-state index < -0.39 is 36.2 Å². The molecule has 8 nitrogen and oxygen atoms in total. The highest BCUT2D eigenvalue weighted by atomic mass is 16.6. The maximum Gasteiger partial charge on any atom is 0.349 e. The van der Waals surface area contributed by atoms with E-state index in [4.69, 9.17) is 9.47 Å². The van der Waals surface area contributed by atoms with Gasteiger partial charge in [0.1, 0.15) is 24.9 Å². The zero-order valence-corrected chi connectivity index (χ0v) is 11.6. The molecule has 0 saturated carbocycles. The molecule has 2 N–H and O–H groups in total. The van der Waals surface area contributed by atoms with Crippen LogP contribution in [0.5, 0.6) is 0 Å². The number of rotatable bonds is 5. The summed E-state index contributed by atoms with van der Waals surface area (Å²) in [5.41, 5.74) is -0.600. The van der Waals surface area contributed by atoms with Crippen LogP contribution < -0.4 is 5.69 Å². The Kier molecular flexibility index (Phi) is 5.05. The maximum atomic E-state index is 11.6. The molecule has 21 heavy (non-hydrogen) atoms. The number of hydrogen-bond acceptors (Lipinski definition) is 7. The maximum absolute atomic E-state index is 11.6. The summed E-state index contributed by atoms with van der Waals surface area (Å²) in [6.07, 6.45) is -0.852. The van der Waals surface area contributed by atoms with Gasteiger partial charge in [-0.1, -0.05) is 6.92 Å². The summed E-state index contributed by atoms with van der Waals surface area (Å²) in [6, 6.07) is 1.51. The highest BCUT2D eigenvalue weighted by Crippen LogP contribution is 2.28. The van der Waals surface area contributed by atoms with Crippen LogP contribution in [0.3, 0.4) is 0 Å². The third kappa shape index (κ3) is 3.46. The Morgan fingerprint density at radius 3 is 2.90 bits per heavy atom. The van der Waals surface area contributed by atoms with Gasteiger partial charge in [-0.05, 0) is 12.5 Å². The molecular formula is C13H18N2O6. The minimum absolute atomic E-state index is 0.178. The molecule has 1 aliphatic heterocycles. The van der Waals surface area contributed by atoms with Crippen LogP contribution in [-0.2, 0) is 14.3 Å². The minimum Gasteiger partial charge on any atom is -0.463 e. The van der Waals surface area contributed by atoms with Crippen LogP contribution in [0.15, 0.2) is 23.3 Å². The summed E-state index contributed by atoms with van der Waals surface area (Å²) in [5, 5.41) is 19.9. The van der Waals surface area contributed by atoms with Crippen molar-refractivity contribution < 1.29 is 24.5 Å². The van der Waals surface area contributed by atoms with Crippen molar-refractivity contribution in [3.63, 3.8) is 0 Å². The Morgan fingerprint density at radius 1 is 1.48 bits per heavy atom. The van der Waals surface area contributed by atoms with E-state index in [9.17, 15) is 19.8 Å². The van der Waals surface area contributed by atoms with Crippen molar-refractivity contribution in [2.75, 3.05) is 6.61 Å². The highest BCUT2D eigenvalue weighted by molar-refractivity contribution is 5.69. The number of aliphatic hydroxyl groups excluding tert-OH is 2. The molecule has 0 aromatic carbocycles. The van der Waals surface area contributed by atoms with Crippen LogP contribution in [0.1, 0.15) is 26.0 Å². The number of ether oxygens (including phenoxy) is 2. The van der Waals surface area contributed by atoms with Gasteiger partial charge in [-0.2, -0.15) is 0 Å². The van der Waals surface area contributed by atoms with E-state index in [2.05, 4.69) is 4.98 Å². The van der Waals surface area contributed by atoms with Crippen LogP contribution >= 0.6 is 0 Å². The Balaban J connectivity index is 2.03. The SMILES string of the molecule is CCCC(=O)OC[C@H]1O[C@@H](n2cccnc2=O)C(O)[C@H]1O. The van der Waals surface area contributed by atoms with Gasteiger partial charge in [-0.25, -0.2) is 9.78 Å². The molecule has 0 bridgehead atoms. The van der Waals surface area contributed by atoms with E-state index in [1.54, 1.807) is 0 Å². The predicted molar refractivity (Wildman–Crippen MR) is 70.3 cm³/mol. The third-order valence-corrected chi connectivity index (χ3v) is 3.21. The molecule has 0 aliphatic carbocycles. The van der Waals surface area contributed by atoms with Crippen LogP contribution in [-0.4, -0.2) is 50.7 Å². The third-order valence-electron chi connectivity index (χ3n) is 3.21. The van der Waals surface area contributed by atoms with E-state index in [-0.39, 0.29) is 13.0 Å². The van der Waals surface area contributed by atoms with Crippen LogP contribution in [0.25, 0.3) is 0 Å². The summed E-state index contributed by atoms with van der Waals surface area (Å²) in [7, 11) is 0. The lowest BCUT2D eigenvalue weighted by atomic mass is 10.1. The average Bonchev–Trinajstić information content (AvgIpc) is 2.74. The molecular weight excluding hydrogens is 280 g/mol. The molecule has 1 aliphatic rings. The molecule has 0 radical (unpaired) electrons. The number of aromatic nitrogens is 2. The fraction of sp³-hybridized carbons (Fsp3) is 0.615. The Labute approximate surface area is 120 Å². The average molecular weight is 298 g/mol. The lowest BCUT2D eigenvalue weighted by molar-refractivity contribution is -0.150. The minimum atomic E-state index is -1.30. The fourth-order valence-corrected chi connectivity index (χ4v) is 2.11. The monoisotopic (exact) mass is 298 g/mol. The molecule has 0 spiro atoms. The molecule has 4 atom stereocenters.